The van der Waals surface area contributed by atoms with Gasteiger partial charge < -0.3 is 9.84 Å². The van der Waals surface area contributed by atoms with Gasteiger partial charge in [0.1, 0.15) is 18.5 Å². The molecule has 21 heavy (non-hydrogen) atoms. The van der Waals surface area contributed by atoms with E-state index in [1.165, 1.54) is 5.56 Å². The molecule has 0 aliphatic carbocycles. The van der Waals surface area contributed by atoms with Crippen molar-refractivity contribution in [2.45, 2.75) is 58.6 Å². The highest BCUT2D eigenvalue weighted by Crippen LogP contribution is 2.39. The first-order valence-corrected chi connectivity index (χ1v) is 8.27. The third-order valence-electron chi connectivity index (χ3n) is 4.27. The molecule has 2 atom stereocenters. The van der Waals surface area contributed by atoms with E-state index < -0.39 is 6.10 Å². The van der Waals surface area contributed by atoms with Crippen molar-refractivity contribution in [3.05, 3.63) is 29.3 Å². The molecule has 1 aliphatic rings. The number of nitrogens with zero attached hydrogens (tertiary/aromatic N) is 1. The van der Waals surface area contributed by atoms with Crippen LogP contribution in [0.4, 0.5) is 0 Å². The molecule has 1 aromatic carbocycles. The molecular weight excluding hydrogens is 262 g/mol. The van der Waals surface area contributed by atoms with Gasteiger partial charge in [-0.3, -0.25) is 4.90 Å². The second-order valence-electron chi connectivity index (χ2n) is 6.28. The van der Waals surface area contributed by atoms with E-state index in [4.69, 9.17) is 4.74 Å². The molecule has 118 valence electrons. The molecule has 0 fully saturated rings. The summed E-state index contributed by atoms with van der Waals surface area (Å²) < 4.78 is 6.07. The molecule has 3 heteroatoms. The fourth-order valence-corrected chi connectivity index (χ4v) is 3.22. The van der Waals surface area contributed by atoms with E-state index in [1.54, 1.807) is 0 Å². The van der Waals surface area contributed by atoms with Crippen molar-refractivity contribution in [1.29, 1.82) is 0 Å². The topological polar surface area (TPSA) is 32.7 Å². The number of hydrogen-bond donors (Lipinski definition) is 1. The van der Waals surface area contributed by atoms with Crippen LogP contribution < -0.4 is 4.74 Å². The first-order chi connectivity index (χ1) is 10.1. The summed E-state index contributed by atoms with van der Waals surface area (Å²) in [7, 11) is 0. The lowest BCUT2D eigenvalue weighted by Crippen LogP contribution is -2.46. The summed E-state index contributed by atoms with van der Waals surface area (Å²) in [5, 5.41) is 10.8. The maximum absolute atomic E-state index is 10.8. The van der Waals surface area contributed by atoms with Crippen LogP contribution in [0.15, 0.2) is 18.2 Å². The van der Waals surface area contributed by atoms with Crippen LogP contribution in [0, 0.1) is 0 Å². The zero-order valence-electron chi connectivity index (χ0n) is 13.8. The van der Waals surface area contributed by atoms with Gasteiger partial charge in [0.2, 0.25) is 0 Å². The molecule has 0 bridgehead atoms. The smallest absolute Gasteiger partial charge is 0.128 e. The van der Waals surface area contributed by atoms with Gasteiger partial charge in [0.15, 0.2) is 0 Å². The fraction of sp³-hybridized carbons (Fsp3) is 0.667. The molecule has 0 amide bonds. The number of fused-ring (bicyclic) bond motifs is 1. The number of hydrogen-bond acceptors (Lipinski definition) is 3. The highest BCUT2D eigenvalue weighted by atomic mass is 16.5. The first kappa shape index (κ1) is 16.3. The average Bonchev–Trinajstić information content (AvgIpc) is 2.47. The lowest BCUT2D eigenvalue weighted by Gasteiger charge is -2.39. The molecule has 0 aromatic heterocycles. The van der Waals surface area contributed by atoms with Gasteiger partial charge >= 0.3 is 0 Å². The van der Waals surface area contributed by atoms with Crippen molar-refractivity contribution in [2.75, 3.05) is 19.7 Å². The second-order valence-corrected chi connectivity index (χ2v) is 6.28. The van der Waals surface area contributed by atoms with E-state index in [1.807, 2.05) is 12.1 Å². The Balaban J connectivity index is 2.27. The van der Waals surface area contributed by atoms with Gasteiger partial charge in [-0.25, -0.2) is 0 Å². The summed E-state index contributed by atoms with van der Waals surface area (Å²) in [5.41, 5.74) is 2.15. The van der Waals surface area contributed by atoms with Crippen LogP contribution in [0.3, 0.4) is 0 Å². The predicted molar refractivity (Wildman–Crippen MR) is 86.9 cm³/mol. The highest BCUT2D eigenvalue weighted by molar-refractivity contribution is 5.46. The van der Waals surface area contributed by atoms with E-state index in [9.17, 15) is 5.11 Å². The van der Waals surface area contributed by atoms with Crippen molar-refractivity contribution in [1.82, 2.24) is 4.90 Å². The van der Waals surface area contributed by atoms with Crippen LogP contribution >= 0.6 is 0 Å². The summed E-state index contributed by atoms with van der Waals surface area (Å²) >= 11 is 0. The minimum atomic E-state index is -0.453. The predicted octanol–water partition coefficient (Wildman–Crippen LogP) is 3.73. The van der Waals surface area contributed by atoms with Crippen molar-refractivity contribution < 1.29 is 9.84 Å². The monoisotopic (exact) mass is 291 g/mol. The van der Waals surface area contributed by atoms with Crippen LogP contribution in [-0.2, 0) is 0 Å². The highest BCUT2D eigenvalue weighted by Gasteiger charge is 2.34. The molecule has 0 saturated carbocycles. The Morgan fingerprint density at radius 3 is 2.48 bits per heavy atom. The summed E-state index contributed by atoms with van der Waals surface area (Å²) in [6.45, 7) is 11.3. The van der Waals surface area contributed by atoms with Crippen molar-refractivity contribution >= 4 is 0 Å². The number of benzene rings is 1. The third kappa shape index (κ3) is 3.41. The van der Waals surface area contributed by atoms with Crippen LogP contribution in [0.2, 0.25) is 0 Å². The van der Waals surface area contributed by atoms with Gasteiger partial charge in [0, 0.05) is 5.56 Å². The van der Waals surface area contributed by atoms with Crippen LogP contribution in [0.5, 0.6) is 5.75 Å². The Morgan fingerprint density at radius 1 is 1.24 bits per heavy atom. The molecule has 0 radical (unpaired) electrons. The lowest BCUT2D eigenvalue weighted by atomic mass is 9.91. The van der Waals surface area contributed by atoms with Gasteiger partial charge in [-0.05, 0) is 37.4 Å². The molecule has 0 spiro atoms. The number of rotatable bonds is 6. The van der Waals surface area contributed by atoms with E-state index in [0.29, 0.717) is 12.5 Å². The van der Waals surface area contributed by atoms with Gasteiger partial charge in [-0.2, -0.15) is 0 Å². The van der Waals surface area contributed by atoms with Crippen molar-refractivity contribution in [2.24, 2.45) is 0 Å². The zero-order valence-corrected chi connectivity index (χ0v) is 13.8. The molecular formula is C18H29NO2. The van der Waals surface area contributed by atoms with E-state index in [0.717, 1.165) is 37.2 Å². The Kier molecular flexibility index (Phi) is 5.65. The minimum absolute atomic E-state index is 0.0693. The Bertz CT molecular complexity index is 453. The second kappa shape index (κ2) is 7.28. The van der Waals surface area contributed by atoms with E-state index >= 15 is 0 Å². The normalized spacial score (nSPS) is 21.5. The summed E-state index contributed by atoms with van der Waals surface area (Å²) in [5.74, 6) is 1.32. The first-order valence-electron chi connectivity index (χ1n) is 8.27. The molecule has 1 aromatic rings. The largest absolute Gasteiger partial charge is 0.491 e. The minimum Gasteiger partial charge on any atom is -0.491 e. The number of para-hydroxylation sites is 1. The lowest BCUT2D eigenvalue weighted by molar-refractivity contribution is 0.00281. The zero-order chi connectivity index (χ0) is 15.4. The van der Waals surface area contributed by atoms with Crippen LogP contribution in [0.1, 0.15) is 63.7 Å². The third-order valence-corrected chi connectivity index (χ3v) is 4.27. The van der Waals surface area contributed by atoms with Gasteiger partial charge in [0.25, 0.3) is 0 Å². The molecule has 1 heterocycles. The Labute approximate surface area is 128 Å². The Hall–Kier alpha value is -1.06. The SMILES string of the molecule is CCCN(CCC)C1COc2c(C(C)C)cccc2C1O. The molecule has 3 nitrogen and oxygen atoms in total. The number of aliphatic hydroxyl groups excluding tert-OH is 1. The number of aliphatic hydroxyl groups is 1. The maximum Gasteiger partial charge on any atom is 0.128 e. The molecule has 0 saturated heterocycles. The maximum atomic E-state index is 10.8. The Morgan fingerprint density at radius 2 is 1.90 bits per heavy atom. The van der Waals surface area contributed by atoms with Crippen LogP contribution in [0.25, 0.3) is 0 Å². The molecule has 1 aliphatic heterocycles. The average molecular weight is 291 g/mol. The summed E-state index contributed by atoms with van der Waals surface area (Å²) in [4.78, 5) is 2.37. The van der Waals surface area contributed by atoms with E-state index in [2.05, 4.69) is 38.7 Å². The quantitative estimate of drug-likeness (QED) is 0.867. The van der Waals surface area contributed by atoms with Crippen molar-refractivity contribution in [3.8, 4) is 5.75 Å². The van der Waals surface area contributed by atoms with Gasteiger partial charge in [-0.15, -0.1) is 0 Å². The van der Waals surface area contributed by atoms with Crippen LogP contribution in [-0.4, -0.2) is 35.7 Å². The fourth-order valence-electron chi connectivity index (χ4n) is 3.22. The van der Waals surface area contributed by atoms with Crippen molar-refractivity contribution in [3.63, 3.8) is 0 Å². The van der Waals surface area contributed by atoms with Gasteiger partial charge in [-0.1, -0.05) is 45.9 Å². The van der Waals surface area contributed by atoms with Gasteiger partial charge in [0.05, 0.1) is 6.04 Å². The summed E-state index contributed by atoms with van der Waals surface area (Å²) in [6.07, 6.45) is 1.75. The standard InChI is InChI=1S/C18H29NO2/c1-5-10-19(11-6-2)16-12-21-18-14(13(3)4)8-7-9-15(18)17(16)20/h7-9,13,16-17,20H,5-6,10-12H2,1-4H3. The number of ether oxygens (including phenoxy) is 1. The molecule has 2 rings (SSSR count). The summed E-state index contributed by atoms with van der Waals surface area (Å²) in [6, 6.07) is 6.22. The van der Waals surface area contributed by atoms with E-state index in [-0.39, 0.29) is 6.04 Å². The molecule has 1 N–H and O–H groups in total. The molecule has 2 unspecified atom stereocenters.